The van der Waals surface area contributed by atoms with Crippen LogP contribution in [-0.4, -0.2) is 57.2 Å². The lowest BCUT2D eigenvalue weighted by molar-refractivity contribution is -0.129. The highest BCUT2D eigenvalue weighted by Gasteiger charge is 2.32. The third kappa shape index (κ3) is 5.15. The van der Waals surface area contributed by atoms with Crippen molar-refractivity contribution in [2.75, 3.05) is 35.0 Å². The van der Waals surface area contributed by atoms with Crippen molar-refractivity contribution in [2.24, 2.45) is 11.8 Å². The molecule has 2 amide bonds. The number of methoxy groups -OCH3 is 4. The van der Waals surface area contributed by atoms with Gasteiger partial charge in [0.05, 0.1) is 33.9 Å². The summed E-state index contributed by atoms with van der Waals surface area (Å²) in [4.78, 5) is 26.2. The maximum atomic E-state index is 13.6. The fourth-order valence-corrected chi connectivity index (χ4v) is 5.36. The molecule has 0 saturated carbocycles. The number of piperidine rings is 1. The Kier molecular flexibility index (Phi) is 8.16. The summed E-state index contributed by atoms with van der Waals surface area (Å²) in [5, 5.41) is 6.03. The van der Waals surface area contributed by atoms with E-state index >= 15 is 0 Å². The van der Waals surface area contributed by atoms with Gasteiger partial charge in [0.2, 0.25) is 11.7 Å². The van der Waals surface area contributed by atoms with Gasteiger partial charge < -0.3 is 34.0 Å². The number of hydrogen-bond acceptors (Lipinski definition) is 6. The first-order valence-electron chi connectivity index (χ1n) is 12.7. The first-order chi connectivity index (χ1) is 18.2. The molecule has 9 heteroatoms. The van der Waals surface area contributed by atoms with Crippen LogP contribution in [0.4, 0.5) is 0 Å². The molecule has 9 nitrogen and oxygen atoms in total. The van der Waals surface area contributed by atoms with E-state index in [0.717, 1.165) is 34.2 Å². The molecule has 1 aliphatic heterocycles. The SMILES string of the molecule is COCc1cc2cc(-c3cc(OC)c(OC)c(OC)c3)cn2c(C(=O)NCC2C(=O)NC(C)CC2C)c1C. The van der Waals surface area contributed by atoms with Crippen LogP contribution < -0.4 is 24.8 Å². The Morgan fingerprint density at radius 1 is 1.03 bits per heavy atom. The van der Waals surface area contributed by atoms with Crippen LogP contribution in [0, 0.1) is 18.8 Å². The van der Waals surface area contributed by atoms with Crippen LogP contribution in [0.2, 0.25) is 0 Å². The van der Waals surface area contributed by atoms with Crippen molar-refractivity contribution in [3.63, 3.8) is 0 Å². The number of amides is 2. The fourth-order valence-electron chi connectivity index (χ4n) is 5.36. The second kappa shape index (κ2) is 11.3. The summed E-state index contributed by atoms with van der Waals surface area (Å²) in [5.74, 6) is 1.25. The molecule has 1 aromatic carbocycles. The van der Waals surface area contributed by atoms with Crippen LogP contribution in [0.15, 0.2) is 30.5 Å². The number of rotatable bonds is 9. The van der Waals surface area contributed by atoms with Gasteiger partial charge in [0.15, 0.2) is 11.5 Å². The van der Waals surface area contributed by atoms with Crippen molar-refractivity contribution in [2.45, 2.75) is 39.8 Å². The average Bonchev–Trinajstić information content (AvgIpc) is 3.31. The number of carbonyl (C=O) groups excluding carboxylic acids is 2. The van der Waals surface area contributed by atoms with Crippen molar-refractivity contribution < 1.29 is 28.5 Å². The molecule has 0 aliphatic carbocycles. The Morgan fingerprint density at radius 2 is 1.71 bits per heavy atom. The van der Waals surface area contributed by atoms with E-state index in [2.05, 4.69) is 17.6 Å². The number of ether oxygens (including phenoxy) is 4. The smallest absolute Gasteiger partial charge is 0.268 e. The van der Waals surface area contributed by atoms with E-state index < -0.39 is 0 Å². The molecular weight excluding hydrogens is 486 g/mol. The predicted octanol–water partition coefficient (Wildman–Crippen LogP) is 3.98. The normalized spacial score (nSPS) is 19.2. The molecule has 0 bridgehead atoms. The Balaban J connectivity index is 1.75. The highest BCUT2D eigenvalue weighted by atomic mass is 16.5. The van der Waals surface area contributed by atoms with E-state index in [1.165, 1.54) is 0 Å². The van der Waals surface area contributed by atoms with Gasteiger partial charge in [-0.3, -0.25) is 9.59 Å². The quantitative estimate of drug-likeness (QED) is 0.440. The Bertz CT molecular complexity index is 1320. The van der Waals surface area contributed by atoms with Crippen molar-refractivity contribution in [1.82, 2.24) is 15.0 Å². The summed E-state index contributed by atoms with van der Waals surface area (Å²) in [6.07, 6.45) is 2.81. The van der Waals surface area contributed by atoms with Crippen LogP contribution >= 0.6 is 0 Å². The number of hydrogen-bond donors (Lipinski definition) is 2. The molecule has 38 heavy (non-hydrogen) atoms. The molecular formula is C29H37N3O6. The van der Waals surface area contributed by atoms with Crippen molar-refractivity contribution in [3.05, 3.63) is 47.3 Å². The zero-order valence-corrected chi connectivity index (χ0v) is 23.1. The van der Waals surface area contributed by atoms with Gasteiger partial charge in [0, 0.05) is 37.0 Å². The van der Waals surface area contributed by atoms with E-state index in [1.807, 2.05) is 48.7 Å². The molecule has 2 aromatic heterocycles. The van der Waals surface area contributed by atoms with Crippen LogP contribution in [0.5, 0.6) is 17.2 Å². The molecule has 1 aliphatic rings. The highest BCUT2D eigenvalue weighted by molar-refractivity contribution is 5.96. The summed E-state index contributed by atoms with van der Waals surface area (Å²) in [6, 6.07) is 7.93. The van der Waals surface area contributed by atoms with Gasteiger partial charge in [-0.1, -0.05) is 6.92 Å². The number of aromatic nitrogens is 1. The average molecular weight is 524 g/mol. The zero-order chi connectivity index (χ0) is 27.6. The zero-order valence-electron chi connectivity index (χ0n) is 23.1. The van der Waals surface area contributed by atoms with Gasteiger partial charge in [-0.25, -0.2) is 0 Å². The van der Waals surface area contributed by atoms with E-state index in [0.29, 0.717) is 29.5 Å². The lowest BCUT2D eigenvalue weighted by atomic mass is 9.84. The molecule has 4 rings (SSSR count). The third-order valence-electron chi connectivity index (χ3n) is 7.38. The van der Waals surface area contributed by atoms with Crippen LogP contribution in [0.25, 0.3) is 16.6 Å². The standard InChI is InChI=1S/C29H37N3O6/c1-16-8-17(2)31-28(33)23(16)13-30-29(34)26-18(3)21(15-35-4)10-22-9-20(14-32(22)26)19-11-24(36-5)27(38-7)25(12-19)37-6/h9-12,14,16-17,23H,8,13,15H2,1-7H3,(H,30,34)(H,31,33). The van der Waals surface area contributed by atoms with E-state index in [1.54, 1.807) is 28.4 Å². The molecule has 3 aromatic rings. The monoisotopic (exact) mass is 523 g/mol. The first kappa shape index (κ1) is 27.3. The molecule has 1 fully saturated rings. The van der Waals surface area contributed by atoms with Gasteiger partial charge in [-0.05, 0) is 67.1 Å². The van der Waals surface area contributed by atoms with Crippen LogP contribution in [0.1, 0.15) is 41.9 Å². The van der Waals surface area contributed by atoms with Crippen LogP contribution in [0.3, 0.4) is 0 Å². The third-order valence-corrected chi connectivity index (χ3v) is 7.38. The van der Waals surface area contributed by atoms with Crippen molar-refractivity contribution >= 4 is 17.3 Å². The fraction of sp³-hybridized carbons (Fsp3) is 0.448. The number of benzene rings is 1. The van der Waals surface area contributed by atoms with Crippen LogP contribution in [-0.2, 0) is 16.1 Å². The van der Waals surface area contributed by atoms with Gasteiger partial charge >= 0.3 is 0 Å². The maximum absolute atomic E-state index is 13.6. The molecule has 3 heterocycles. The number of nitrogens with zero attached hydrogens (tertiary/aromatic N) is 1. The topological polar surface area (TPSA) is 99.5 Å². The lowest BCUT2D eigenvalue weighted by Gasteiger charge is -2.32. The Labute approximate surface area is 223 Å². The van der Waals surface area contributed by atoms with E-state index in [4.69, 9.17) is 18.9 Å². The highest BCUT2D eigenvalue weighted by Crippen LogP contribution is 2.41. The molecule has 204 valence electrons. The molecule has 3 atom stereocenters. The van der Waals surface area contributed by atoms with Gasteiger partial charge in [0.25, 0.3) is 5.91 Å². The second-order valence-electron chi connectivity index (χ2n) is 9.95. The van der Waals surface area contributed by atoms with Crippen molar-refractivity contribution in [1.29, 1.82) is 0 Å². The van der Waals surface area contributed by atoms with Crippen molar-refractivity contribution in [3.8, 4) is 28.4 Å². The summed E-state index contributed by atoms with van der Waals surface area (Å²) in [5.41, 5.74) is 4.81. The van der Waals surface area contributed by atoms with Gasteiger partial charge in [-0.15, -0.1) is 0 Å². The minimum atomic E-state index is -0.271. The summed E-state index contributed by atoms with van der Waals surface area (Å²) < 4.78 is 23.8. The number of pyridine rings is 1. The second-order valence-corrected chi connectivity index (χ2v) is 9.95. The minimum Gasteiger partial charge on any atom is -0.493 e. The number of nitrogens with one attached hydrogen (secondary N) is 2. The molecule has 0 radical (unpaired) electrons. The summed E-state index contributed by atoms with van der Waals surface area (Å²) >= 11 is 0. The molecule has 3 unspecified atom stereocenters. The van der Waals surface area contributed by atoms with E-state index in [-0.39, 0.29) is 36.2 Å². The predicted molar refractivity (Wildman–Crippen MR) is 145 cm³/mol. The number of fused-ring (bicyclic) bond motifs is 1. The minimum absolute atomic E-state index is 0.0165. The van der Waals surface area contributed by atoms with Gasteiger partial charge in [-0.2, -0.15) is 0 Å². The van der Waals surface area contributed by atoms with Gasteiger partial charge in [0.1, 0.15) is 5.69 Å². The van der Waals surface area contributed by atoms with E-state index in [9.17, 15) is 9.59 Å². The Morgan fingerprint density at radius 3 is 2.29 bits per heavy atom. The molecule has 0 spiro atoms. The Hall–Kier alpha value is -3.72. The summed E-state index contributed by atoms with van der Waals surface area (Å²) in [7, 11) is 6.35. The number of carbonyl (C=O) groups is 2. The summed E-state index contributed by atoms with van der Waals surface area (Å²) in [6.45, 7) is 6.62. The maximum Gasteiger partial charge on any atom is 0.268 e. The molecule has 1 saturated heterocycles. The largest absolute Gasteiger partial charge is 0.493 e. The lowest BCUT2D eigenvalue weighted by Crippen LogP contribution is -2.50. The first-order valence-corrected chi connectivity index (χ1v) is 12.7. The molecule has 2 N–H and O–H groups in total.